The average molecular weight is 405 g/mol. The first-order valence-corrected chi connectivity index (χ1v) is 9.13. The first-order chi connectivity index (χ1) is 14.0. The fraction of sp³-hybridized carbons (Fsp3) is 0.0435. The highest BCUT2D eigenvalue weighted by Crippen LogP contribution is 2.29. The highest BCUT2D eigenvalue weighted by Gasteiger charge is 2.33. The molecule has 0 unspecified atom stereocenters. The monoisotopic (exact) mass is 404 g/mol. The van der Waals surface area contributed by atoms with Crippen LogP contribution < -0.4 is 0 Å². The van der Waals surface area contributed by atoms with Crippen molar-refractivity contribution in [2.75, 3.05) is 6.61 Å². The number of ether oxygens (including phenoxy) is 1. The number of fused-ring (bicyclic) bond motifs is 2. The van der Waals surface area contributed by atoms with Gasteiger partial charge in [-0.15, -0.1) is 0 Å². The van der Waals surface area contributed by atoms with Crippen LogP contribution in [0.15, 0.2) is 66.7 Å². The molecular weight excluding hydrogens is 392 g/mol. The van der Waals surface area contributed by atoms with Crippen molar-refractivity contribution in [2.24, 2.45) is 0 Å². The number of esters is 1. The largest absolute Gasteiger partial charge is 0.454 e. The maximum Gasteiger partial charge on any atom is 0.339 e. The number of hydrogen-bond acceptors (Lipinski definition) is 5. The lowest BCUT2D eigenvalue weighted by atomic mass is 9.82. The van der Waals surface area contributed by atoms with Gasteiger partial charge >= 0.3 is 5.97 Å². The van der Waals surface area contributed by atoms with Crippen molar-refractivity contribution in [3.63, 3.8) is 0 Å². The molecule has 0 radical (unpaired) electrons. The smallest absolute Gasteiger partial charge is 0.339 e. The van der Waals surface area contributed by atoms with Gasteiger partial charge in [-0.05, 0) is 18.2 Å². The van der Waals surface area contributed by atoms with Crippen molar-refractivity contribution in [2.45, 2.75) is 0 Å². The first kappa shape index (κ1) is 18.8. The van der Waals surface area contributed by atoms with Gasteiger partial charge in [0.15, 0.2) is 18.2 Å². The third kappa shape index (κ3) is 3.26. The van der Waals surface area contributed by atoms with E-state index in [0.29, 0.717) is 5.56 Å². The fourth-order valence-electron chi connectivity index (χ4n) is 3.29. The quantitative estimate of drug-likeness (QED) is 0.377. The van der Waals surface area contributed by atoms with E-state index in [0.717, 1.165) is 0 Å². The summed E-state index contributed by atoms with van der Waals surface area (Å²) in [4.78, 5) is 50.6. The van der Waals surface area contributed by atoms with Gasteiger partial charge in [0.2, 0.25) is 5.78 Å². The van der Waals surface area contributed by atoms with Crippen LogP contribution in [0.5, 0.6) is 0 Å². The molecule has 0 spiro atoms. The Hall–Kier alpha value is -3.57. The molecule has 0 amide bonds. The van der Waals surface area contributed by atoms with Gasteiger partial charge in [-0.25, -0.2) is 4.79 Å². The molecule has 0 saturated carbocycles. The van der Waals surface area contributed by atoms with Crippen molar-refractivity contribution < 1.29 is 23.9 Å². The van der Waals surface area contributed by atoms with E-state index in [-0.39, 0.29) is 38.6 Å². The molecule has 0 heterocycles. The summed E-state index contributed by atoms with van der Waals surface area (Å²) in [5, 5.41) is 0.253. The van der Waals surface area contributed by atoms with E-state index in [9.17, 15) is 19.2 Å². The summed E-state index contributed by atoms with van der Waals surface area (Å²) < 4.78 is 5.13. The Kier molecular flexibility index (Phi) is 4.82. The predicted octanol–water partition coefficient (Wildman–Crippen LogP) is 4.16. The number of hydrogen-bond donors (Lipinski definition) is 0. The second-order valence-electron chi connectivity index (χ2n) is 6.41. The van der Waals surface area contributed by atoms with Gasteiger partial charge in [0.1, 0.15) is 0 Å². The SMILES string of the molecule is O=C(COC(=O)c1cccc2c1C(=O)c1ccccc1C2=O)c1ccccc1Cl. The van der Waals surface area contributed by atoms with Crippen molar-refractivity contribution in [3.8, 4) is 0 Å². The number of benzene rings is 3. The summed E-state index contributed by atoms with van der Waals surface area (Å²) >= 11 is 5.99. The van der Waals surface area contributed by atoms with E-state index in [2.05, 4.69) is 0 Å². The molecule has 4 rings (SSSR count). The molecule has 0 aromatic heterocycles. The number of carbonyl (C=O) groups excluding carboxylic acids is 4. The van der Waals surface area contributed by atoms with Gasteiger partial charge < -0.3 is 4.74 Å². The van der Waals surface area contributed by atoms with Crippen LogP contribution in [-0.2, 0) is 4.74 Å². The van der Waals surface area contributed by atoms with Crippen LogP contribution in [0.2, 0.25) is 5.02 Å². The zero-order valence-electron chi connectivity index (χ0n) is 15.0. The second kappa shape index (κ2) is 7.45. The molecule has 1 aliphatic rings. The third-order valence-electron chi connectivity index (χ3n) is 4.68. The van der Waals surface area contributed by atoms with Crippen molar-refractivity contribution in [1.82, 2.24) is 0 Å². The number of rotatable bonds is 4. The molecule has 142 valence electrons. The minimum absolute atomic E-state index is 0.00797. The second-order valence-corrected chi connectivity index (χ2v) is 6.82. The minimum Gasteiger partial charge on any atom is -0.454 e. The normalized spacial score (nSPS) is 12.2. The Morgan fingerprint density at radius 1 is 0.724 bits per heavy atom. The van der Waals surface area contributed by atoms with E-state index in [4.69, 9.17) is 16.3 Å². The van der Waals surface area contributed by atoms with Crippen molar-refractivity contribution in [1.29, 1.82) is 0 Å². The maximum atomic E-state index is 12.9. The Balaban J connectivity index is 1.63. The van der Waals surface area contributed by atoms with Gasteiger partial charge in [-0.2, -0.15) is 0 Å². The van der Waals surface area contributed by atoms with Crippen LogP contribution >= 0.6 is 11.6 Å². The maximum absolute atomic E-state index is 12.9. The lowest BCUT2D eigenvalue weighted by Crippen LogP contribution is -2.25. The Bertz CT molecular complexity index is 1200. The molecule has 0 atom stereocenters. The van der Waals surface area contributed by atoms with E-state index < -0.39 is 24.1 Å². The average Bonchev–Trinajstić information content (AvgIpc) is 2.75. The summed E-state index contributed by atoms with van der Waals surface area (Å²) in [6.45, 7) is -0.537. The number of carbonyl (C=O) groups is 4. The molecule has 0 fully saturated rings. The highest BCUT2D eigenvalue weighted by molar-refractivity contribution is 6.34. The van der Waals surface area contributed by atoms with E-state index >= 15 is 0 Å². The molecule has 3 aromatic carbocycles. The minimum atomic E-state index is -0.859. The van der Waals surface area contributed by atoms with Crippen LogP contribution in [0.3, 0.4) is 0 Å². The van der Waals surface area contributed by atoms with Gasteiger partial charge in [-0.1, -0.05) is 60.1 Å². The summed E-state index contributed by atoms with van der Waals surface area (Å²) in [5.41, 5.74) is 0.841. The molecule has 5 nitrogen and oxygen atoms in total. The predicted molar refractivity (Wildman–Crippen MR) is 106 cm³/mol. The van der Waals surface area contributed by atoms with Crippen LogP contribution in [0, 0.1) is 0 Å². The van der Waals surface area contributed by atoms with E-state index in [1.54, 1.807) is 42.5 Å². The summed E-state index contributed by atoms with van der Waals surface area (Å²) in [7, 11) is 0. The van der Waals surface area contributed by atoms with Gasteiger partial charge in [0.25, 0.3) is 0 Å². The van der Waals surface area contributed by atoms with Crippen LogP contribution in [-0.4, -0.2) is 29.9 Å². The third-order valence-corrected chi connectivity index (χ3v) is 5.01. The summed E-state index contributed by atoms with van der Waals surface area (Å²) in [6, 6.07) is 17.3. The zero-order valence-corrected chi connectivity index (χ0v) is 15.7. The topological polar surface area (TPSA) is 77.5 Å². The zero-order chi connectivity index (χ0) is 20.5. The molecule has 0 bridgehead atoms. The summed E-state index contributed by atoms with van der Waals surface area (Å²) in [5.74, 6) is -2.10. The molecule has 6 heteroatoms. The summed E-state index contributed by atoms with van der Waals surface area (Å²) in [6.07, 6.45) is 0. The first-order valence-electron chi connectivity index (χ1n) is 8.75. The Labute approximate surface area is 170 Å². The standard InChI is InChI=1S/C23H13ClO5/c24-18-11-4-3-8-15(18)19(25)12-29-23(28)17-10-5-9-16-20(17)22(27)14-7-2-1-6-13(14)21(16)26/h1-11H,12H2. The van der Waals surface area contributed by atoms with Crippen LogP contribution in [0.1, 0.15) is 52.6 Å². The fourth-order valence-corrected chi connectivity index (χ4v) is 3.53. The molecule has 0 N–H and O–H groups in total. The van der Waals surface area contributed by atoms with E-state index in [1.807, 2.05) is 0 Å². The molecule has 1 aliphatic carbocycles. The number of halogens is 1. The van der Waals surface area contributed by atoms with E-state index in [1.165, 1.54) is 24.3 Å². The molecule has 29 heavy (non-hydrogen) atoms. The molecular formula is C23H13ClO5. The molecule has 0 aliphatic heterocycles. The van der Waals surface area contributed by atoms with Gasteiger partial charge in [-0.3, -0.25) is 14.4 Å². The van der Waals surface area contributed by atoms with Crippen LogP contribution in [0.25, 0.3) is 0 Å². The lowest BCUT2D eigenvalue weighted by Gasteiger charge is -2.19. The van der Waals surface area contributed by atoms with Gasteiger partial charge in [0.05, 0.1) is 10.6 Å². The Morgan fingerprint density at radius 2 is 1.31 bits per heavy atom. The van der Waals surface area contributed by atoms with Gasteiger partial charge in [0, 0.05) is 27.8 Å². The molecule has 0 saturated heterocycles. The van der Waals surface area contributed by atoms with Crippen molar-refractivity contribution in [3.05, 3.63) is 105 Å². The number of Topliss-reactive ketones (excluding diaryl/α,β-unsaturated/α-hetero) is 1. The van der Waals surface area contributed by atoms with Crippen LogP contribution in [0.4, 0.5) is 0 Å². The molecule has 3 aromatic rings. The Morgan fingerprint density at radius 3 is 2.03 bits per heavy atom. The van der Waals surface area contributed by atoms with Crippen molar-refractivity contribution >= 4 is 34.9 Å². The number of ketones is 3. The highest BCUT2D eigenvalue weighted by atomic mass is 35.5. The lowest BCUT2D eigenvalue weighted by molar-refractivity contribution is 0.0473.